The van der Waals surface area contributed by atoms with Gasteiger partial charge in [0, 0.05) is 6.54 Å². The summed E-state index contributed by atoms with van der Waals surface area (Å²) in [4.78, 5) is 11.9. The Morgan fingerprint density at radius 1 is 1.33 bits per heavy atom. The highest BCUT2D eigenvalue weighted by molar-refractivity contribution is 5.94. The Kier molecular flexibility index (Phi) is 3.97. The van der Waals surface area contributed by atoms with Crippen molar-refractivity contribution >= 4 is 5.91 Å². The SMILES string of the molecule is NCC1(CNC(=O)c2ccccc2F)CCCC1. The summed E-state index contributed by atoms with van der Waals surface area (Å²) >= 11 is 0. The van der Waals surface area contributed by atoms with Crippen molar-refractivity contribution in [1.29, 1.82) is 0 Å². The highest BCUT2D eigenvalue weighted by Gasteiger charge is 2.32. The van der Waals surface area contributed by atoms with Crippen LogP contribution >= 0.6 is 0 Å². The quantitative estimate of drug-likeness (QED) is 0.859. The fourth-order valence-corrected chi connectivity index (χ4v) is 2.59. The molecule has 0 saturated heterocycles. The topological polar surface area (TPSA) is 55.1 Å². The molecule has 0 atom stereocenters. The van der Waals surface area contributed by atoms with E-state index in [1.54, 1.807) is 12.1 Å². The van der Waals surface area contributed by atoms with Gasteiger partial charge in [-0.3, -0.25) is 4.79 Å². The van der Waals surface area contributed by atoms with Gasteiger partial charge in [-0.25, -0.2) is 4.39 Å². The second-order valence-corrected chi connectivity index (χ2v) is 5.07. The van der Waals surface area contributed by atoms with Crippen LogP contribution in [0.3, 0.4) is 0 Å². The first kappa shape index (κ1) is 13.0. The molecule has 1 aliphatic carbocycles. The van der Waals surface area contributed by atoms with Crippen molar-refractivity contribution in [3.63, 3.8) is 0 Å². The van der Waals surface area contributed by atoms with E-state index in [4.69, 9.17) is 5.73 Å². The zero-order chi connectivity index (χ0) is 13.0. The molecule has 1 aromatic carbocycles. The highest BCUT2D eigenvalue weighted by atomic mass is 19.1. The molecule has 2 rings (SSSR count). The number of carbonyl (C=O) groups excluding carboxylic acids is 1. The summed E-state index contributed by atoms with van der Waals surface area (Å²) in [5.74, 6) is -0.837. The molecule has 1 aromatic rings. The van der Waals surface area contributed by atoms with Crippen LogP contribution in [0.1, 0.15) is 36.0 Å². The molecule has 3 nitrogen and oxygen atoms in total. The van der Waals surface area contributed by atoms with E-state index >= 15 is 0 Å². The molecule has 4 heteroatoms. The smallest absolute Gasteiger partial charge is 0.254 e. The summed E-state index contributed by atoms with van der Waals surface area (Å²) < 4.78 is 13.4. The van der Waals surface area contributed by atoms with Crippen LogP contribution in [-0.4, -0.2) is 19.0 Å². The Hall–Kier alpha value is -1.42. The van der Waals surface area contributed by atoms with Gasteiger partial charge in [-0.15, -0.1) is 0 Å². The molecule has 1 saturated carbocycles. The third-order valence-electron chi connectivity index (χ3n) is 3.84. The number of nitrogens with one attached hydrogen (secondary N) is 1. The minimum Gasteiger partial charge on any atom is -0.351 e. The van der Waals surface area contributed by atoms with Crippen molar-refractivity contribution in [2.24, 2.45) is 11.1 Å². The van der Waals surface area contributed by atoms with E-state index in [0.29, 0.717) is 13.1 Å². The van der Waals surface area contributed by atoms with Gasteiger partial charge >= 0.3 is 0 Å². The van der Waals surface area contributed by atoms with Gasteiger partial charge in [0.05, 0.1) is 5.56 Å². The van der Waals surface area contributed by atoms with Crippen molar-refractivity contribution in [1.82, 2.24) is 5.32 Å². The Bertz CT molecular complexity index is 428. The van der Waals surface area contributed by atoms with E-state index in [0.717, 1.165) is 25.7 Å². The summed E-state index contributed by atoms with van der Waals surface area (Å²) in [6, 6.07) is 6.02. The Morgan fingerprint density at radius 2 is 2.00 bits per heavy atom. The Morgan fingerprint density at radius 3 is 2.61 bits per heavy atom. The van der Waals surface area contributed by atoms with Gasteiger partial charge in [0.15, 0.2) is 0 Å². The molecule has 0 spiro atoms. The number of benzene rings is 1. The fraction of sp³-hybridized carbons (Fsp3) is 0.500. The van der Waals surface area contributed by atoms with Gasteiger partial charge < -0.3 is 11.1 Å². The van der Waals surface area contributed by atoms with Gasteiger partial charge in [0.1, 0.15) is 5.82 Å². The largest absolute Gasteiger partial charge is 0.351 e. The van der Waals surface area contributed by atoms with Gasteiger partial charge in [0.2, 0.25) is 0 Å². The molecule has 0 bridgehead atoms. The molecule has 18 heavy (non-hydrogen) atoms. The third-order valence-corrected chi connectivity index (χ3v) is 3.84. The molecule has 0 radical (unpaired) electrons. The number of nitrogens with two attached hydrogens (primary N) is 1. The molecule has 1 aliphatic rings. The first-order chi connectivity index (χ1) is 8.67. The Labute approximate surface area is 107 Å². The minimum absolute atomic E-state index is 0.0148. The van der Waals surface area contributed by atoms with Crippen LogP contribution in [0.25, 0.3) is 0 Å². The lowest BCUT2D eigenvalue weighted by atomic mass is 9.86. The van der Waals surface area contributed by atoms with Crippen LogP contribution in [0.4, 0.5) is 4.39 Å². The molecular formula is C14H19FN2O. The van der Waals surface area contributed by atoms with Crippen LogP contribution < -0.4 is 11.1 Å². The summed E-state index contributed by atoms with van der Waals surface area (Å²) in [6.45, 7) is 1.11. The maximum atomic E-state index is 13.4. The molecule has 3 N–H and O–H groups in total. The molecule has 1 amide bonds. The number of amides is 1. The summed E-state index contributed by atoms with van der Waals surface area (Å²) in [6.07, 6.45) is 4.40. The van der Waals surface area contributed by atoms with Crippen LogP contribution in [0.15, 0.2) is 24.3 Å². The third kappa shape index (κ3) is 2.70. The van der Waals surface area contributed by atoms with Crippen molar-refractivity contribution in [3.8, 4) is 0 Å². The number of carbonyl (C=O) groups is 1. The van der Waals surface area contributed by atoms with Crippen molar-refractivity contribution in [2.45, 2.75) is 25.7 Å². The number of rotatable bonds is 4. The monoisotopic (exact) mass is 250 g/mol. The highest BCUT2D eigenvalue weighted by Crippen LogP contribution is 2.36. The lowest BCUT2D eigenvalue weighted by molar-refractivity contribution is 0.0928. The van der Waals surface area contributed by atoms with E-state index in [9.17, 15) is 9.18 Å². The van der Waals surface area contributed by atoms with Crippen LogP contribution in [-0.2, 0) is 0 Å². The minimum atomic E-state index is -0.483. The van der Waals surface area contributed by atoms with Crippen LogP contribution in [0.2, 0.25) is 0 Å². The van der Waals surface area contributed by atoms with Crippen molar-refractivity contribution in [2.75, 3.05) is 13.1 Å². The Balaban J connectivity index is 1.98. The molecule has 98 valence electrons. The van der Waals surface area contributed by atoms with E-state index in [-0.39, 0.29) is 16.9 Å². The molecule has 0 aliphatic heterocycles. The zero-order valence-corrected chi connectivity index (χ0v) is 10.4. The molecule has 0 unspecified atom stereocenters. The van der Waals surface area contributed by atoms with Gasteiger partial charge in [0.25, 0.3) is 5.91 Å². The van der Waals surface area contributed by atoms with Crippen LogP contribution in [0, 0.1) is 11.2 Å². The predicted molar refractivity (Wildman–Crippen MR) is 68.7 cm³/mol. The van der Waals surface area contributed by atoms with Gasteiger partial charge in [-0.2, -0.15) is 0 Å². The molecule has 0 aromatic heterocycles. The van der Waals surface area contributed by atoms with Gasteiger partial charge in [-0.1, -0.05) is 25.0 Å². The van der Waals surface area contributed by atoms with E-state index in [1.807, 2.05) is 0 Å². The fourth-order valence-electron chi connectivity index (χ4n) is 2.59. The number of halogens is 1. The first-order valence-electron chi connectivity index (χ1n) is 6.40. The van der Waals surface area contributed by atoms with E-state index in [2.05, 4.69) is 5.32 Å². The molecule has 0 heterocycles. The maximum absolute atomic E-state index is 13.4. The first-order valence-corrected chi connectivity index (χ1v) is 6.40. The molecule has 1 fully saturated rings. The normalized spacial score (nSPS) is 17.7. The van der Waals surface area contributed by atoms with E-state index < -0.39 is 5.82 Å². The summed E-state index contributed by atoms with van der Waals surface area (Å²) in [5.41, 5.74) is 5.91. The second kappa shape index (κ2) is 5.48. The lowest BCUT2D eigenvalue weighted by Gasteiger charge is -2.27. The van der Waals surface area contributed by atoms with Crippen molar-refractivity contribution in [3.05, 3.63) is 35.6 Å². The van der Waals surface area contributed by atoms with Gasteiger partial charge in [-0.05, 0) is 36.9 Å². The number of hydrogen-bond donors (Lipinski definition) is 2. The average molecular weight is 250 g/mol. The predicted octanol–water partition coefficient (Wildman–Crippen LogP) is 2.07. The lowest BCUT2D eigenvalue weighted by Crippen LogP contribution is -2.40. The maximum Gasteiger partial charge on any atom is 0.254 e. The summed E-state index contributed by atoms with van der Waals surface area (Å²) in [5, 5.41) is 2.81. The second-order valence-electron chi connectivity index (χ2n) is 5.07. The standard InChI is InChI=1S/C14H19FN2O/c15-12-6-2-1-5-11(12)13(18)17-10-14(9-16)7-3-4-8-14/h1-2,5-6H,3-4,7-10,16H2,(H,17,18). The molecular weight excluding hydrogens is 231 g/mol. The van der Waals surface area contributed by atoms with Crippen molar-refractivity contribution < 1.29 is 9.18 Å². The van der Waals surface area contributed by atoms with Crippen LogP contribution in [0.5, 0.6) is 0 Å². The average Bonchev–Trinajstić information content (AvgIpc) is 2.86. The van der Waals surface area contributed by atoms with E-state index in [1.165, 1.54) is 12.1 Å². The zero-order valence-electron chi connectivity index (χ0n) is 10.4. The summed E-state index contributed by atoms with van der Waals surface area (Å²) in [7, 11) is 0. The number of hydrogen-bond acceptors (Lipinski definition) is 2.